The van der Waals surface area contributed by atoms with E-state index in [0.717, 1.165) is 5.92 Å². The molecule has 0 N–H and O–H groups in total. The van der Waals surface area contributed by atoms with Crippen molar-refractivity contribution in [3.63, 3.8) is 0 Å². The van der Waals surface area contributed by atoms with Crippen LogP contribution in [0.15, 0.2) is 0 Å². The summed E-state index contributed by atoms with van der Waals surface area (Å²) >= 11 is 0. The highest BCUT2D eigenvalue weighted by molar-refractivity contribution is 4.67. The number of nitrogens with zero attached hydrogens (tertiary/aromatic N) is 1. The quantitative estimate of drug-likeness (QED) is 0.516. The number of hydrogen-bond acceptors (Lipinski definition) is 1. The van der Waals surface area contributed by atoms with Gasteiger partial charge in [0.2, 0.25) is 0 Å². The van der Waals surface area contributed by atoms with Gasteiger partial charge in [0, 0.05) is 12.1 Å². The molecule has 0 aromatic rings. The van der Waals surface area contributed by atoms with Crippen molar-refractivity contribution in [2.45, 2.75) is 85.7 Å². The highest BCUT2D eigenvalue weighted by Gasteiger charge is 2.11. The highest BCUT2D eigenvalue weighted by atomic mass is 15.2. The van der Waals surface area contributed by atoms with Gasteiger partial charge in [-0.25, -0.2) is 0 Å². The summed E-state index contributed by atoms with van der Waals surface area (Å²) in [4.78, 5) is 2.60. The van der Waals surface area contributed by atoms with Crippen LogP contribution >= 0.6 is 0 Å². The predicted octanol–water partition coefficient (Wildman–Crippen LogP) is 4.71. The lowest BCUT2D eigenvalue weighted by Crippen LogP contribution is -2.37. The highest BCUT2D eigenvalue weighted by Crippen LogP contribution is 2.11. The number of unbranched alkanes of at least 4 members (excludes halogenated alkanes) is 3. The van der Waals surface area contributed by atoms with Crippen LogP contribution in [0.5, 0.6) is 0 Å². The van der Waals surface area contributed by atoms with Crippen LogP contribution in [-0.4, -0.2) is 23.5 Å². The van der Waals surface area contributed by atoms with Crippen LogP contribution in [0.1, 0.15) is 73.6 Å². The molecular formula is C15H33N. The Morgan fingerprint density at radius 1 is 0.688 bits per heavy atom. The number of hydrogen-bond donors (Lipinski definition) is 0. The van der Waals surface area contributed by atoms with Crippen LogP contribution in [0.3, 0.4) is 0 Å². The molecule has 1 nitrogen and oxygen atoms in total. The van der Waals surface area contributed by atoms with Gasteiger partial charge in [0.1, 0.15) is 0 Å². The van der Waals surface area contributed by atoms with Gasteiger partial charge in [-0.3, -0.25) is 4.90 Å². The van der Waals surface area contributed by atoms with Crippen LogP contribution in [0.25, 0.3) is 0 Å². The molecule has 0 bridgehead atoms. The van der Waals surface area contributed by atoms with Gasteiger partial charge in [0.25, 0.3) is 0 Å². The van der Waals surface area contributed by atoms with Crippen LogP contribution < -0.4 is 0 Å². The van der Waals surface area contributed by atoms with Gasteiger partial charge in [-0.2, -0.15) is 0 Å². The Labute approximate surface area is 104 Å². The van der Waals surface area contributed by atoms with Gasteiger partial charge in [0.15, 0.2) is 0 Å². The largest absolute Gasteiger partial charge is 0.299 e. The third kappa shape index (κ3) is 8.15. The second-order valence-corrected chi connectivity index (χ2v) is 6.02. The summed E-state index contributed by atoms with van der Waals surface area (Å²) in [7, 11) is 0. The Morgan fingerprint density at radius 2 is 1.19 bits per heavy atom. The van der Waals surface area contributed by atoms with E-state index in [4.69, 9.17) is 0 Å². The van der Waals surface area contributed by atoms with Gasteiger partial charge in [-0.15, -0.1) is 0 Å². The monoisotopic (exact) mass is 227 g/mol. The maximum atomic E-state index is 2.60. The molecule has 0 heterocycles. The molecule has 0 unspecified atom stereocenters. The molecule has 98 valence electrons. The summed E-state index contributed by atoms with van der Waals surface area (Å²) in [6, 6.07) is 1.38. The van der Waals surface area contributed by atoms with Gasteiger partial charge in [-0.1, -0.05) is 39.5 Å². The van der Waals surface area contributed by atoms with E-state index in [0.29, 0.717) is 12.1 Å². The molecule has 0 spiro atoms. The number of rotatable bonds is 9. The van der Waals surface area contributed by atoms with E-state index in [1.807, 2.05) is 0 Å². The van der Waals surface area contributed by atoms with E-state index < -0.39 is 0 Å². The Hall–Kier alpha value is -0.0400. The van der Waals surface area contributed by atoms with E-state index in [9.17, 15) is 0 Å². The topological polar surface area (TPSA) is 3.24 Å². The third-order valence-electron chi connectivity index (χ3n) is 3.27. The predicted molar refractivity (Wildman–Crippen MR) is 74.9 cm³/mol. The van der Waals surface area contributed by atoms with Gasteiger partial charge in [0.05, 0.1) is 0 Å². The Kier molecular flexibility index (Phi) is 9.02. The average molecular weight is 227 g/mol. The second kappa shape index (κ2) is 9.04. The fourth-order valence-corrected chi connectivity index (χ4v) is 2.31. The van der Waals surface area contributed by atoms with Crippen LogP contribution in [0, 0.1) is 5.92 Å². The fraction of sp³-hybridized carbons (Fsp3) is 1.00. The van der Waals surface area contributed by atoms with Gasteiger partial charge >= 0.3 is 0 Å². The molecule has 0 fully saturated rings. The minimum Gasteiger partial charge on any atom is -0.299 e. The molecule has 0 aliphatic carbocycles. The molecule has 0 aromatic heterocycles. The first-order valence-corrected chi connectivity index (χ1v) is 7.20. The normalized spacial score (nSPS) is 12.4. The van der Waals surface area contributed by atoms with Crippen molar-refractivity contribution in [3.8, 4) is 0 Å². The van der Waals surface area contributed by atoms with Crippen molar-refractivity contribution in [1.82, 2.24) is 4.90 Å². The molecule has 0 atom stereocenters. The Morgan fingerprint density at radius 3 is 1.62 bits per heavy atom. The van der Waals surface area contributed by atoms with Crippen molar-refractivity contribution >= 4 is 0 Å². The van der Waals surface area contributed by atoms with Crippen molar-refractivity contribution in [3.05, 3.63) is 0 Å². The van der Waals surface area contributed by atoms with Crippen molar-refractivity contribution in [2.75, 3.05) is 6.54 Å². The van der Waals surface area contributed by atoms with E-state index >= 15 is 0 Å². The molecule has 0 aliphatic heterocycles. The summed E-state index contributed by atoms with van der Waals surface area (Å²) < 4.78 is 0. The average Bonchev–Trinajstić information content (AvgIpc) is 2.14. The Bertz CT molecular complexity index is 142. The van der Waals surface area contributed by atoms with E-state index in [-0.39, 0.29) is 0 Å². The summed E-state index contributed by atoms with van der Waals surface area (Å²) in [5.74, 6) is 0.878. The van der Waals surface area contributed by atoms with Gasteiger partial charge in [-0.05, 0) is 46.6 Å². The summed E-state index contributed by atoms with van der Waals surface area (Å²) in [6.07, 6.45) is 7.01. The molecule has 0 amide bonds. The first-order valence-electron chi connectivity index (χ1n) is 7.20. The molecule has 0 saturated heterocycles. The fourth-order valence-electron chi connectivity index (χ4n) is 2.31. The minimum atomic E-state index is 0.690. The van der Waals surface area contributed by atoms with E-state index in [1.54, 1.807) is 0 Å². The molecule has 0 aliphatic rings. The van der Waals surface area contributed by atoms with Crippen LogP contribution in [0.2, 0.25) is 0 Å². The molecular weight excluding hydrogens is 194 g/mol. The molecule has 16 heavy (non-hydrogen) atoms. The minimum absolute atomic E-state index is 0.690. The lowest BCUT2D eigenvalue weighted by Gasteiger charge is -2.30. The zero-order valence-corrected chi connectivity index (χ0v) is 12.4. The molecule has 0 radical (unpaired) electrons. The first kappa shape index (κ1) is 16.0. The first-order chi connectivity index (χ1) is 7.45. The van der Waals surface area contributed by atoms with Crippen LogP contribution in [-0.2, 0) is 0 Å². The van der Waals surface area contributed by atoms with Crippen molar-refractivity contribution in [1.29, 1.82) is 0 Å². The molecule has 0 rings (SSSR count). The maximum Gasteiger partial charge on any atom is 0.00412 e. The lowest BCUT2D eigenvalue weighted by molar-refractivity contribution is 0.171. The third-order valence-corrected chi connectivity index (χ3v) is 3.27. The van der Waals surface area contributed by atoms with E-state index in [1.165, 1.54) is 38.6 Å². The smallest absolute Gasteiger partial charge is 0.00412 e. The van der Waals surface area contributed by atoms with E-state index in [2.05, 4.69) is 46.4 Å². The molecule has 0 aromatic carbocycles. The molecule has 1 heteroatoms. The maximum absolute atomic E-state index is 2.60. The Balaban J connectivity index is 3.48. The zero-order chi connectivity index (χ0) is 12.6. The standard InChI is InChI=1S/C15H33N/c1-13(2)11-9-7-8-10-12-16(14(3)4)15(5)6/h13-15H,7-12H2,1-6H3. The summed E-state index contributed by atoms with van der Waals surface area (Å²) in [5, 5.41) is 0. The summed E-state index contributed by atoms with van der Waals surface area (Å²) in [6.45, 7) is 15.1. The molecule has 0 saturated carbocycles. The zero-order valence-electron chi connectivity index (χ0n) is 12.4. The SMILES string of the molecule is CC(C)CCCCCCN(C(C)C)C(C)C. The lowest BCUT2D eigenvalue weighted by atomic mass is 10.0. The van der Waals surface area contributed by atoms with Gasteiger partial charge < -0.3 is 0 Å². The van der Waals surface area contributed by atoms with Crippen molar-refractivity contribution in [2.24, 2.45) is 5.92 Å². The second-order valence-electron chi connectivity index (χ2n) is 6.02. The van der Waals surface area contributed by atoms with Crippen LogP contribution in [0.4, 0.5) is 0 Å². The summed E-state index contributed by atoms with van der Waals surface area (Å²) in [5.41, 5.74) is 0. The van der Waals surface area contributed by atoms with Crippen molar-refractivity contribution < 1.29 is 0 Å².